The van der Waals surface area contributed by atoms with Crippen LogP contribution < -0.4 is 5.69 Å². The number of rotatable bonds is 4. The number of pyridine rings is 1. The molecule has 0 fully saturated rings. The van der Waals surface area contributed by atoms with Crippen LogP contribution in [0.15, 0.2) is 31.7 Å². The first kappa shape index (κ1) is 13.4. The third-order valence-electron chi connectivity index (χ3n) is 2.36. The van der Waals surface area contributed by atoms with E-state index in [1.807, 2.05) is 19.9 Å². The molecule has 2 rings (SSSR count). The Hall–Kier alpha value is -1.08. The van der Waals surface area contributed by atoms with Crippen molar-refractivity contribution in [3.05, 3.63) is 32.8 Å². The van der Waals surface area contributed by atoms with Crippen molar-refractivity contribution in [2.75, 3.05) is 0 Å². The Bertz CT molecular complexity index is 607. The van der Waals surface area contributed by atoms with Gasteiger partial charge in [-0.05, 0) is 52.7 Å². The summed E-state index contributed by atoms with van der Waals surface area (Å²) in [4.78, 5) is 15.9. The molecule has 2 heterocycles. The second-order valence-corrected chi connectivity index (χ2v) is 5.71. The zero-order valence-corrected chi connectivity index (χ0v) is 12.5. The van der Waals surface area contributed by atoms with Gasteiger partial charge in [-0.2, -0.15) is 0 Å². The molecule has 0 radical (unpaired) electrons. The fraction of sp³-hybridized carbons (Fsp3) is 0.364. The number of aromatic nitrogens is 4. The zero-order chi connectivity index (χ0) is 13.1. The standard InChI is InChI=1S/C11H13BrN4OS/c1-3-4-16-10(17)14-15-11(16)18-9-7(2)5-8(12)6-13-9/h5-6H,3-4H2,1-2H3,(H,14,17). The van der Waals surface area contributed by atoms with Gasteiger partial charge in [0.1, 0.15) is 5.03 Å². The van der Waals surface area contributed by atoms with Crippen LogP contribution in [-0.2, 0) is 6.54 Å². The van der Waals surface area contributed by atoms with Gasteiger partial charge in [-0.1, -0.05) is 6.92 Å². The largest absolute Gasteiger partial charge is 0.343 e. The van der Waals surface area contributed by atoms with Crippen molar-refractivity contribution in [3.8, 4) is 0 Å². The Kier molecular flexibility index (Phi) is 4.23. The number of nitrogens with one attached hydrogen (secondary N) is 1. The normalized spacial score (nSPS) is 10.8. The number of aromatic amines is 1. The molecule has 1 N–H and O–H groups in total. The monoisotopic (exact) mass is 328 g/mol. The van der Waals surface area contributed by atoms with E-state index in [9.17, 15) is 4.79 Å². The Morgan fingerprint density at radius 3 is 3.00 bits per heavy atom. The number of hydrogen-bond acceptors (Lipinski definition) is 4. The molecule has 0 saturated carbocycles. The lowest BCUT2D eigenvalue weighted by molar-refractivity contribution is 0.603. The van der Waals surface area contributed by atoms with E-state index in [4.69, 9.17) is 0 Å². The predicted molar refractivity (Wildman–Crippen MR) is 73.9 cm³/mol. The van der Waals surface area contributed by atoms with Crippen molar-refractivity contribution in [2.24, 2.45) is 0 Å². The van der Waals surface area contributed by atoms with Crippen LogP contribution in [0.4, 0.5) is 0 Å². The fourth-order valence-corrected chi connectivity index (χ4v) is 2.84. The highest BCUT2D eigenvalue weighted by molar-refractivity contribution is 9.10. The van der Waals surface area contributed by atoms with Gasteiger partial charge < -0.3 is 0 Å². The molecular weight excluding hydrogens is 316 g/mol. The number of nitrogens with zero attached hydrogens (tertiary/aromatic N) is 3. The number of hydrogen-bond donors (Lipinski definition) is 1. The van der Waals surface area contributed by atoms with Crippen LogP contribution in [0.1, 0.15) is 18.9 Å². The van der Waals surface area contributed by atoms with Crippen molar-refractivity contribution in [1.82, 2.24) is 19.7 Å². The molecule has 0 bridgehead atoms. The van der Waals surface area contributed by atoms with Gasteiger partial charge in [-0.3, -0.25) is 4.57 Å². The van der Waals surface area contributed by atoms with Crippen molar-refractivity contribution in [1.29, 1.82) is 0 Å². The first-order valence-corrected chi connectivity index (χ1v) is 7.18. The van der Waals surface area contributed by atoms with Gasteiger partial charge in [-0.15, -0.1) is 5.10 Å². The molecule has 5 nitrogen and oxygen atoms in total. The molecule has 2 aromatic heterocycles. The molecule has 7 heteroatoms. The molecule has 0 aliphatic heterocycles. The van der Waals surface area contributed by atoms with E-state index < -0.39 is 0 Å². The van der Waals surface area contributed by atoms with Gasteiger partial charge in [-0.25, -0.2) is 14.9 Å². The molecule has 0 atom stereocenters. The van der Waals surface area contributed by atoms with Crippen LogP contribution in [0.3, 0.4) is 0 Å². The summed E-state index contributed by atoms with van der Waals surface area (Å²) in [5, 5.41) is 8.01. The van der Waals surface area contributed by atoms with Crippen LogP contribution in [-0.4, -0.2) is 19.7 Å². The molecule has 0 spiro atoms. The van der Waals surface area contributed by atoms with E-state index in [0.717, 1.165) is 21.5 Å². The molecule has 0 unspecified atom stereocenters. The maximum atomic E-state index is 11.6. The maximum Gasteiger partial charge on any atom is 0.343 e. The summed E-state index contributed by atoms with van der Waals surface area (Å²) in [5.74, 6) is 0. The highest BCUT2D eigenvalue weighted by Gasteiger charge is 2.11. The summed E-state index contributed by atoms with van der Waals surface area (Å²) in [6.45, 7) is 4.67. The Balaban J connectivity index is 2.31. The van der Waals surface area contributed by atoms with Crippen LogP contribution in [0.2, 0.25) is 0 Å². The van der Waals surface area contributed by atoms with E-state index in [2.05, 4.69) is 31.1 Å². The summed E-state index contributed by atoms with van der Waals surface area (Å²) in [7, 11) is 0. The number of halogens is 1. The Morgan fingerprint density at radius 1 is 1.56 bits per heavy atom. The molecule has 0 amide bonds. The van der Waals surface area contributed by atoms with Crippen molar-refractivity contribution in [2.45, 2.75) is 37.0 Å². The van der Waals surface area contributed by atoms with E-state index in [-0.39, 0.29) is 5.69 Å². The van der Waals surface area contributed by atoms with Crippen molar-refractivity contribution < 1.29 is 0 Å². The summed E-state index contributed by atoms with van der Waals surface area (Å²) in [6, 6.07) is 1.99. The van der Waals surface area contributed by atoms with Gasteiger partial charge in [0.15, 0.2) is 5.16 Å². The van der Waals surface area contributed by atoms with Crippen LogP contribution in [0, 0.1) is 6.92 Å². The lowest BCUT2D eigenvalue weighted by Crippen LogP contribution is -2.17. The molecule has 2 aromatic rings. The lowest BCUT2D eigenvalue weighted by atomic mass is 10.3. The third kappa shape index (κ3) is 2.84. The SMILES string of the molecule is CCCn1c(Sc2ncc(Br)cc2C)n[nH]c1=O. The first-order chi connectivity index (χ1) is 8.61. The Labute approximate surface area is 117 Å². The third-order valence-corrected chi connectivity index (χ3v) is 3.90. The van der Waals surface area contributed by atoms with E-state index in [1.54, 1.807) is 10.8 Å². The molecule has 96 valence electrons. The first-order valence-electron chi connectivity index (χ1n) is 5.57. The van der Waals surface area contributed by atoms with Crippen LogP contribution >= 0.6 is 27.7 Å². The van der Waals surface area contributed by atoms with Gasteiger partial charge in [0, 0.05) is 17.2 Å². The predicted octanol–water partition coefficient (Wildman–Crippen LogP) is 2.60. The van der Waals surface area contributed by atoms with Crippen molar-refractivity contribution in [3.63, 3.8) is 0 Å². The van der Waals surface area contributed by atoms with Crippen LogP contribution in [0.25, 0.3) is 0 Å². The average molecular weight is 329 g/mol. The van der Waals surface area contributed by atoms with Crippen molar-refractivity contribution >= 4 is 27.7 Å². The smallest absolute Gasteiger partial charge is 0.270 e. The summed E-state index contributed by atoms with van der Waals surface area (Å²) in [5.41, 5.74) is 0.877. The molecular formula is C11H13BrN4OS. The molecule has 0 aromatic carbocycles. The van der Waals surface area contributed by atoms with Gasteiger partial charge in [0.2, 0.25) is 0 Å². The zero-order valence-electron chi connectivity index (χ0n) is 10.1. The minimum Gasteiger partial charge on any atom is -0.270 e. The molecule has 0 aliphatic rings. The number of aryl methyl sites for hydroxylation is 1. The second-order valence-electron chi connectivity index (χ2n) is 3.84. The minimum absolute atomic E-state index is 0.172. The quantitative estimate of drug-likeness (QED) is 0.936. The lowest BCUT2D eigenvalue weighted by Gasteiger charge is -2.05. The summed E-state index contributed by atoms with van der Waals surface area (Å²) < 4.78 is 2.57. The summed E-state index contributed by atoms with van der Waals surface area (Å²) >= 11 is 4.78. The summed E-state index contributed by atoms with van der Waals surface area (Å²) in [6.07, 6.45) is 2.63. The van der Waals surface area contributed by atoms with E-state index in [1.165, 1.54) is 11.8 Å². The van der Waals surface area contributed by atoms with Crippen LogP contribution in [0.5, 0.6) is 0 Å². The highest BCUT2D eigenvalue weighted by Crippen LogP contribution is 2.27. The molecule has 0 saturated heterocycles. The van der Waals surface area contributed by atoms with E-state index in [0.29, 0.717) is 11.7 Å². The highest BCUT2D eigenvalue weighted by atomic mass is 79.9. The number of H-pyrrole nitrogens is 1. The molecule has 0 aliphatic carbocycles. The minimum atomic E-state index is -0.172. The maximum absolute atomic E-state index is 11.6. The second kappa shape index (κ2) is 5.71. The average Bonchev–Trinajstić information content (AvgIpc) is 2.66. The van der Waals surface area contributed by atoms with Gasteiger partial charge in [0.25, 0.3) is 0 Å². The topological polar surface area (TPSA) is 63.6 Å². The fourth-order valence-electron chi connectivity index (χ4n) is 1.52. The Morgan fingerprint density at radius 2 is 2.33 bits per heavy atom. The van der Waals surface area contributed by atoms with Gasteiger partial charge in [0.05, 0.1) is 0 Å². The van der Waals surface area contributed by atoms with E-state index >= 15 is 0 Å². The molecule has 18 heavy (non-hydrogen) atoms. The van der Waals surface area contributed by atoms with Gasteiger partial charge >= 0.3 is 5.69 Å².